The summed E-state index contributed by atoms with van der Waals surface area (Å²) >= 11 is 5.30. The van der Waals surface area contributed by atoms with Crippen molar-refractivity contribution < 1.29 is 4.79 Å². The first-order valence-electron chi connectivity index (χ1n) is 7.32. The third kappa shape index (κ3) is 5.71. The molecular weight excluding hydrogens is 421 g/mol. The lowest BCUT2D eigenvalue weighted by atomic mass is 10.1. The van der Waals surface area contributed by atoms with Gasteiger partial charge in [0.15, 0.2) is 0 Å². The first-order valence-corrected chi connectivity index (χ1v) is 9.26. The van der Waals surface area contributed by atoms with Crippen molar-refractivity contribution >= 4 is 64.1 Å². The Bertz CT molecular complexity index is 517. The number of anilines is 1. The second-order valence-electron chi connectivity index (χ2n) is 5.60. The van der Waals surface area contributed by atoms with E-state index in [0.717, 1.165) is 42.2 Å². The Balaban J connectivity index is 0.00000132. The first-order chi connectivity index (χ1) is 10.2. The van der Waals surface area contributed by atoms with Gasteiger partial charge in [-0.3, -0.25) is 10.1 Å². The number of rotatable bonds is 4. The van der Waals surface area contributed by atoms with Gasteiger partial charge in [-0.05, 0) is 30.5 Å². The molecule has 130 valence electrons. The van der Waals surface area contributed by atoms with Crippen LogP contribution >= 0.6 is 52.5 Å². The summed E-state index contributed by atoms with van der Waals surface area (Å²) in [5, 5.41) is 6.31. The summed E-state index contributed by atoms with van der Waals surface area (Å²) in [4.78, 5) is 14.4. The Hall–Kier alpha value is -0.140. The van der Waals surface area contributed by atoms with Gasteiger partial charge >= 0.3 is 0 Å². The highest BCUT2D eigenvalue weighted by Crippen LogP contribution is 2.26. The van der Waals surface area contributed by atoms with E-state index in [2.05, 4.69) is 49.7 Å². The van der Waals surface area contributed by atoms with E-state index < -0.39 is 0 Å². The molecule has 1 aromatic rings. The zero-order valence-electron chi connectivity index (χ0n) is 12.7. The molecule has 2 N–H and O–H groups in total. The van der Waals surface area contributed by atoms with Crippen LogP contribution in [0, 0.1) is 5.92 Å². The molecule has 0 spiro atoms. The molecule has 2 atom stereocenters. The first kappa shape index (κ1) is 20.9. The van der Waals surface area contributed by atoms with Crippen LogP contribution in [0.1, 0.15) is 6.42 Å². The zero-order valence-corrected chi connectivity index (χ0v) is 16.7. The van der Waals surface area contributed by atoms with Crippen molar-refractivity contribution in [1.29, 1.82) is 0 Å². The average Bonchev–Trinajstić information content (AvgIpc) is 3.16. The number of benzene rings is 1. The second kappa shape index (κ2) is 9.99. The third-order valence-electron chi connectivity index (χ3n) is 4.06. The molecule has 2 aliphatic rings. The quantitative estimate of drug-likeness (QED) is 0.752. The van der Waals surface area contributed by atoms with Crippen LogP contribution in [0.5, 0.6) is 0 Å². The Morgan fingerprint density at radius 1 is 1.43 bits per heavy atom. The number of nitrogens with one attached hydrogen (secondary N) is 2. The fourth-order valence-corrected chi connectivity index (χ4v) is 4.17. The summed E-state index contributed by atoms with van der Waals surface area (Å²) in [6.07, 6.45) is 1.14. The highest BCUT2D eigenvalue weighted by atomic mass is 79.9. The number of hydrogen-bond donors (Lipinski definition) is 2. The molecule has 0 saturated carbocycles. The van der Waals surface area contributed by atoms with Crippen molar-refractivity contribution in [3.05, 3.63) is 28.7 Å². The highest BCUT2D eigenvalue weighted by Gasteiger charge is 2.26. The van der Waals surface area contributed by atoms with E-state index in [4.69, 9.17) is 0 Å². The second-order valence-corrected chi connectivity index (χ2v) is 7.54. The van der Waals surface area contributed by atoms with Crippen molar-refractivity contribution in [3.63, 3.8) is 0 Å². The van der Waals surface area contributed by atoms with Crippen LogP contribution in [0.4, 0.5) is 5.69 Å². The van der Waals surface area contributed by atoms with Crippen molar-refractivity contribution in [1.82, 2.24) is 10.6 Å². The molecule has 2 saturated heterocycles. The van der Waals surface area contributed by atoms with E-state index in [1.165, 1.54) is 5.69 Å². The summed E-state index contributed by atoms with van der Waals surface area (Å²) in [7, 11) is 0. The van der Waals surface area contributed by atoms with Gasteiger partial charge in [-0.2, -0.15) is 0 Å². The molecule has 2 aliphatic heterocycles. The fraction of sp³-hybridized carbons (Fsp3) is 0.533. The summed E-state index contributed by atoms with van der Waals surface area (Å²) in [5.74, 6) is 2.47. The van der Waals surface area contributed by atoms with E-state index >= 15 is 0 Å². The summed E-state index contributed by atoms with van der Waals surface area (Å²) in [5.41, 5.74) is 1.26. The minimum absolute atomic E-state index is 0. The largest absolute Gasteiger partial charge is 0.371 e. The predicted molar refractivity (Wildman–Crippen MR) is 106 cm³/mol. The average molecular weight is 443 g/mol. The predicted octanol–water partition coefficient (Wildman–Crippen LogP) is 2.90. The Morgan fingerprint density at radius 3 is 2.96 bits per heavy atom. The van der Waals surface area contributed by atoms with Crippen LogP contribution in [0.15, 0.2) is 28.7 Å². The van der Waals surface area contributed by atoms with Gasteiger partial charge in [0.1, 0.15) is 0 Å². The van der Waals surface area contributed by atoms with Crippen molar-refractivity contribution in [2.45, 2.75) is 12.5 Å². The monoisotopic (exact) mass is 441 g/mol. The molecule has 0 radical (unpaired) electrons. The molecule has 1 amide bonds. The van der Waals surface area contributed by atoms with Gasteiger partial charge in [-0.1, -0.05) is 22.0 Å². The number of halogens is 3. The fourth-order valence-electron chi connectivity index (χ4n) is 2.84. The molecule has 23 heavy (non-hydrogen) atoms. The van der Waals surface area contributed by atoms with Crippen LogP contribution in [0.25, 0.3) is 0 Å². The van der Waals surface area contributed by atoms with Gasteiger partial charge in [0, 0.05) is 41.4 Å². The van der Waals surface area contributed by atoms with E-state index in [-0.39, 0.29) is 36.8 Å². The Kier molecular flexibility index (Phi) is 9.08. The molecule has 0 aromatic heterocycles. The molecule has 0 aliphatic carbocycles. The van der Waals surface area contributed by atoms with Gasteiger partial charge in [-0.25, -0.2) is 0 Å². The molecule has 2 fully saturated rings. The summed E-state index contributed by atoms with van der Waals surface area (Å²) in [6.45, 7) is 2.87. The molecule has 2 unspecified atom stereocenters. The van der Waals surface area contributed by atoms with Crippen LogP contribution in [-0.2, 0) is 4.79 Å². The maximum atomic E-state index is 12.0. The lowest BCUT2D eigenvalue weighted by molar-refractivity contribution is -0.122. The number of nitrogens with zero attached hydrogens (tertiary/aromatic N) is 1. The molecule has 2 heterocycles. The van der Waals surface area contributed by atoms with Crippen LogP contribution in [-0.4, -0.2) is 43.2 Å². The number of carbonyl (C=O) groups is 1. The Labute approximate surface area is 162 Å². The van der Waals surface area contributed by atoms with Gasteiger partial charge in [0.25, 0.3) is 0 Å². The lowest BCUT2D eigenvalue weighted by Crippen LogP contribution is -2.43. The molecular formula is C15H22BrCl2N3OS. The molecule has 1 aromatic carbocycles. The zero-order chi connectivity index (χ0) is 14.7. The van der Waals surface area contributed by atoms with Crippen LogP contribution in [0.3, 0.4) is 0 Å². The van der Waals surface area contributed by atoms with Crippen LogP contribution < -0.4 is 15.5 Å². The normalized spacial score (nSPS) is 23.1. The highest BCUT2D eigenvalue weighted by molar-refractivity contribution is 9.10. The third-order valence-corrected chi connectivity index (χ3v) is 5.49. The van der Waals surface area contributed by atoms with E-state index in [9.17, 15) is 4.79 Å². The Morgan fingerprint density at radius 2 is 2.26 bits per heavy atom. The van der Waals surface area contributed by atoms with Gasteiger partial charge < -0.3 is 10.2 Å². The van der Waals surface area contributed by atoms with Gasteiger partial charge in [0.05, 0.1) is 6.04 Å². The minimum atomic E-state index is -0.00224. The number of carbonyl (C=O) groups excluding carboxylic acids is 1. The lowest BCUT2D eigenvalue weighted by Gasteiger charge is -2.19. The SMILES string of the molecule is Cl.Cl.O=C(NCC1CCN(c2cccc(Br)c2)C1)C1CSCN1. The smallest absolute Gasteiger partial charge is 0.238 e. The van der Waals surface area contributed by atoms with E-state index in [1.807, 2.05) is 6.07 Å². The molecule has 8 heteroatoms. The minimum Gasteiger partial charge on any atom is -0.371 e. The maximum absolute atomic E-state index is 12.0. The van der Waals surface area contributed by atoms with Gasteiger partial charge in [0.2, 0.25) is 5.91 Å². The van der Waals surface area contributed by atoms with Gasteiger partial charge in [-0.15, -0.1) is 36.6 Å². The molecule has 0 bridgehead atoms. The standard InChI is InChI=1S/C15H20BrN3OS.2ClH/c16-12-2-1-3-13(6-12)19-5-4-11(8-19)7-17-15(20)14-9-21-10-18-14;;/h1-3,6,11,14,18H,4-5,7-10H2,(H,17,20);2*1H. The van der Waals surface area contributed by atoms with Crippen LogP contribution in [0.2, 0.25) is 0 Å². The summed E-state index contributed by atoms with van der Waals surface area (Å²) < 4.78 is 1.11. The molecule has 4 nitrogen and oxygen atoms in total. The molecule has 3 rings (SSSR count). The van der Waals surface area contributed by atoms with Crippen molar-refractivity contribution in [2.75, 3.05) is 36.2 Å². The number of amides is 1. The maximum Gasteiger partial charge on any atom is 0.238 e. The number of hydrogen-bond acceptors (Lipinski definition) is 4. The number of thioether (sulfide) groups is 1. The van der Waals surface area contributed by atoms with E-state index in [1.54, 1.807) is 11.8 Å². The van der Waals surface area contributed by atoms with Crippen molar-refractivity contribution in [2.24, 2.45) is 5.92 Å². The van der Waals surface area contributed by atoms with Crippen molar-refractivity contribution in [3.8, 4) is 0 Å². The summed E-state index contributed by atoms with van der Waals surface area (Å²) in [6, 6.07) is 8.41. The topological polar surface area (TPSA) is 44.4 Å². The van der Waals surface area contributed by atoms with E-state index in [0.29, 0.717) is 5.92 Å².